The molecule has 1 rings (SSSR count). The Bertz CT molecular complexity index is 1090. The molecule has 1 aromatic rings. The molecule has 0 heterocycles. The summed E-state index contributed by atoms with van der Waals surface area (Å²) in [6.45, 7) is 4.60. The van der Waals surface area contributed by atoms with Gasteiger partial charge in [-0.1, -0.05) is 58.0 Å². The zero-order valence-corrected chi connectivity index (χ0v) is 25.4. The molecule has 8 N–H and O–H groups in total. The number of hydrogen-bond donors (Lipinski definition) is 8. The molecule has 44 heavy (non-hydrogen) atoms. The molecular formula is C29H45N5O10. The van der Waals surface area contributed by atoms with Gasteiger partial charge < -0.3 is 51.4 Å². The maximum atomic E-state index is 12.9. The van der Waals surface area contributed by atoms with Crippen molar-refractivity contribution >= 4 is 36.0 Å². The Hall–Kier alpha value is -4.08. The van der Waals surface area contributed by atoms with Crippen molar-refractivity contribution in [2.45, 2.75) is 77.4 Å². The standard InChI is InChI=1S/C29H45N5O10/c1-17(2)10-20(12-35)30-25(39)21(11-18(3)4)31-26(40)22(13-36)32-27(41)23(14-37)33-28(42)24(15-38)34-29(43)44-16-19-8-6-5-7-9-19/h5-9,12,17-18,20-24,36-38H,10-11,13-16H2,1-4H3,(H,30,39)(H,31,40)(H,32,41)(H,33,42)(H,34,43)/t20-,21-,22-,23-,24-/m0/s1. The minimum Gasteiger partial charge on any atom is -0.445 e. The number of rotatable bonds is 19. The Labute approximate surface area is 256 Å². The van der Waals surface area contributed by atoms with Crippen molar-refractivity contribution in [1.82, 2.24) is 26.6 Å². The molecule has 1 aromatic carbocycles. The molecule has 0 saturated heterocycles. The number of alkyl carbamates (subject to hydrolysis) is 1. The second kappa shape index (κ2) is 20.0. The van der Waals surface area contributed by atoms with E-state index in [4.69, 9.17) is 4.74 Å². The van der Waals surface area contributed by atoms with Crippen LogP contribution in [0, 0.1) is 11.8 Å². The lowest BCUT2D eigenvalue weighted by molar-refractivity contribution is -0.135. The summed E-state index contributed by atoms with van der Waals surface area (Å²) in [5, 5.41) is 40.6. The Morgan fingerprint density at radius 1 is 0.659 bits per heavy atom. The molecule has 0 radical (unpaired) electrons. The maximum absolute atomic E-state index is 12.9. The molecule has 0 aliphatic carbocycles. The lowest BCUT2D eigenvalue weighted by Gasteiger charge is -2.26. The minimum absolute atomic E-state index is 0.0503. The van der Waals surface area contributed by atoms with E-state index in [1.807, 2.05) is 27.7 Å². The van der Waals surface area contributed by atoms with E-state index in [1.165, 1.54) is 0 Å². The molecule has 0 unspecified atom stereocenters. The van der Waals surface area contributed by atoms with Crippen molar-refractivity contribution < 1.29 is 48.8 Å². The van der Waals surface area contributed by atoms with Gasteiger partial charge in [0.05, 0.1) is 25.9 Å². The molecule has 0 spiro atoms. The zero-order chi connectivity index (χ0) is 33.2. The van der Waals surface area contributed by atoms with E-state index in [2.05, 4.69) is 26.6 Å². The average Bonchev–Trinajstić information content (AvgIpc) is 2.99. The third kappa shape index (κ3) is 13.9. The normalized spacial score (nSPS) is 14.4. The highest BCUT2D eigenvalue weighted by Gasteiger charge is 2.31. The van der Waals surface area contributed by atoms with Crippen molar-refractivity contribution in [2.24, 2.45) is 11.8 Å². The van der Waals surface area contributed by atoms with Crippen LogP contribution in [0.4, 0.5) is 4.79 Å². The van der Waals surface area contributed by atoms with Gasteiger partial charge >= 0.3 is 6.09 Å². The molecule has 15 heteroatoms. The highest BCUT2D eigenvalue weighted by Crippen LogP contribution is 2.08. The van der Waals surface area contributed by atoms with Crippen molar-refractivity contribution in [2.75, 3.05) is 19.8 Å². The first kappa shape index (κ1) is 37.9. The highest BCUT2D eigenvalue weighted by atomic mass is 16.5. The van der Waals surface area contributed by atoms with Gasteiger partial charge in [0.25, 0.3) is 0 Å². The van der Waals surface area contributed by atoms with E-state index in [-0.39, 0.29) is 24.9 Å². The first-order valence-corrected chi connectivity index (χ1v) is 14.3. The molecule has 0 aliphatic heterocycles. The summed E-state index contributed by atoms with van der Waals surface area (Å²) in [6, 6.07) is 2.08. The van der Waals surface area contributed by atoms with Crippen molar-refractivity contribution in [1.29, 1.82) is 0 Å². The van der Waals surface area contributed by atoms with E-state index in [0.717, 1.165) is 0 Å². The predicted molar refractivity (Wildman–Crippen MR) is 158 cm³/mol. The second-order valence-electron chi connectivity index (χ2n) is 11.0. The number of nitrogens with one attached hydrogen (secondary N) is 5. The van der Waals surface area contributed by atoms with Crippen LogP contribution in [-0.4, -0.2) is 101 Å². The number of ether oxygens (including phenoxy) is 1. The van der Waals surface area contributed by atoms with Gasteiger partial charge in [0, 0.05) is 0 Å². The molecule has 0 aliphatic rings. The predicted octanol–water partition coefficient (Wildman–Crippen LogP) is -1.51. The van der Waals surface area contributed by atoms with Crippen LogP contribution in [0.25, 0.3) is 0 Å². The van der Waals surface area contributed by atoms with Gasteiger partial charge in [-0.2, -0.15) is 0 Å². The summed E-state index contributed by atoms with van der Waals surface area (Å²) in [7, 11) is 0. The van der Waals surface area contributed by atoms with E-state index in [1.54, 1.807) is 30.3 Å². The fourth-order valence-corrected chi connectivity index (χ4v) is 3.95. The smallest absolute Gasteiger partial charge is 0.408 e. The van der Waals surface area contributed by atoms with Crippen LogP contribution < -0.4 is 26.6 Å². The van der Waals surface area contributed by atoms with E-state index in [9.17, 15) is 44.1 Å². The molecule has 0 fully saturated rings. The first-order valence-electron chi connectivity index (χ1n) is 14.3. The largest absolute Gasteiger partial charge is 0.445 e. The number of aliphatic hydroxyl groups is 3. The SMILES string of the molecule is CC(C)C[C@@H](C=O)NC(=O)[C@H](CC(C)C)NC(=O)[C@H](CO)NC(=O)[C@H](CO)NC(=O)[C@H](CO)NC(=O)OCc1ccccc1. The van der Waals surface area contributed by atoms with Crippen LogP contribution >= 0.6 is 0 Å². The Morgan fingerprint density at radius 3 is 1.52 bits per heavy atom. The van der Waals surface area contributed by atoms with Gasteiger partial charge in [-0.15, -0.1) is 0 Å². The summed E-state index contributed by atoms with van der Waals surface area (Å²) < 4.78 is 5.01. The summed E-state index contributed by atoms with van der Waals surface area (Å²) in [4.78, 5) is 74.7. The fourth-order valence-electron chi connectivity index (χ4n) is 3.95. The summed E-state index contributed by atoms with van der Waals surface area (Å²) in [5.41, 5.74) is 0.680. The van der Waals surface area contributed by atoms with Gasteiger partial charge in [0.2, 0.25) is 23.6 Å². The Balaban J connectivity index is 2.81. The number of aliphatic hydroxyl groups excluding tert-OH is 3. The number of carbonyl (C=O) groups excluding carboxylic acids is 6. The lowest BCUT2D eigenvalue weighted by Crippen LogP contribution is -2.60. The van der Waals surface area contributed by atoms with Crippen LogP contribution in [0.15, 0.2) is 30.3 Å². The quantitative estimate of drug-likeness (QED) is 0.0830. The van der Waals surface area contributed by atoms with Crippen LogP contribution in [-0.2, 0) is 35.3 Å². The molecule has 246 valence electrons. The van der Waals surface area contributed by atoms with E-state index >= 15 is 0 Å². The van der Waals surface area contributed by atoms with Crippen LogP contribution in [0.2, 0.25) is 0 Å². The third-order valence-electron chi connectivity index (χ3n) is 6.19. The average molecular weight is 624 g/mol. The monoisotopic (exact) mass is 623 g/mol. The number of benzene rings is 1. The number of hydrogen-bond acceptors (Lipinski definition) is 10. The Morgan fingerprint density at radius 2 is 1.09 bits per heavy atom. The maximum Gasteiger partial charge on any atom is 0.408 e. The first-order chi connectivity index (χ1) is 20.8. The highest BCUT2D eigenvalue weighted by molar-refractivity contribution is 5.95. The van der Waals surface area contributed by atoms with Gasteiger partial charge in [-0.25, -0.2) is 4.79 Å². The minimum atomic E-state index is -1.64. The van der Waals surface area contributed by atoms with Crippen LogP contribution in [0.5, 0.6) is 0 Å². The Kier molecular flexibility index (Phi) is 17.2. The molecule has 0 bridgehead atoms. The summed E-state index contributed by atoms with van der Waals surface area (Å²) >= 11 is 0. The molecule has 0 aromatic heterocycles. The molecular weight excluding hydrogens is 578 g/mol. The van der Waals surface area contributed by atoms with Gasteiger partial charge in [-0.05, 0) is 30.2 Å². The molecule has 0 saturated carbocycles. The topological polar surface area (TPSA) is 232 Å². The van der Waals surface area contributed by atoms with Crippen LogP contribution in [0.3, 0.4) is 0 Å². The van der Waals surface area contributed by atoms with Gasteiger partial charge in [-0.3, -0.25) is 19.2 Å². The molecule has 15 nitrogen and oxygen atoms in total. The van der Waals surface area contributed by atoms with E-state index in [0.29, 0.717) is 18.3 Å². The van der Waals surface area contributed by atoms with E-state index < -0.39 is 79.8 Å². The summed E-state index contributed by atoms with van der Waals surface area (Å²) in [6.07, 6.45) is 0.170. The fraction of sp³-hybridized carbons (Fsp3) is 0.586. The van der Waals surface area contributed by atoms with Gasteiger partial charge in [0.1, 0.15) is 37.1 Å². The molecule has 5 atom stereocenters. The van der Waals surface area contributed by atoms with Crippen molar-refractivity contribution in [3.8, 4) is 0 Å². The zero-order valence-electron chi connectivity index (χ0n) is 25.4. The van der Waals surface area contributed by atoms with Crippen molar-refractivity contribution in [3.63, 3.8) is 0 Å². The van der Waals surface area contributed by atoms with Crippen molar-refractivity contribution in [3.05, 3.63) is 35.9 Å². The lowest BCUT2D eigenvalue weighted by atomic mass is 10.0. The number of carbonyl (C=O) groups is 6. The molecule has 5 amide bonds. The van der Waals surface area contributed by atoms with Crippen LogP contribution in [0.1, 0.15) is 46.1 Å². The van der Waals surface area contributed by atoms with Gasteiger partial charge in [0.15, 0.2) is 0 Å². The number of amides is 5. The number of aldehydes is 1. The second-order valence-corrected chi connectivity index (χ2v) is 11.0. The third-order valence-corrected chi connectivity index (χ3v) is 6.19. The summed E-state index contributed by atoms with van der Waals surface area (Å²) in [5.74, 6) is -3.57.